The number of piperidine rings is 1. The van der Waals surface area contributed by atoms with E-state index in [0.717, 1.165) is 16.9 Å². The Morgan fingerprint density at radius 3 is 2.52 bits per heavy atom. The first-order chi connectivity index (χ1) is 15.8. The van der Waals surface area contributed by atoms with Crippen LogP contribution in [0.3, 0.4) is 0 Å². The van der Waals surface area contributed by atoms with Crippen LogP contribution < -0.4 is 10.2 Å². The van der Waals surface area contributed by atoms with Gasteiger partial charge in [0.15, 0.2) is 5.78 Å². The Labute approximate surface area is 198 Å². The summed E-state index contributed by atoms with van der Waals surface area (Å²) in [6.07, 6.45) is 4.01. The molecule has 3 amide bonds. The first-order valence-corrected chi connectivity index (χ1v) is 11.3. The van der Waals surface area contributed by atoms with Gasteiger partial charge in [0.25, 0.3) is 0 Å². The Balaban J connectivity index is 1.32. The average Bonchev–Trinajstić information content (AvgIpc) is 2.81. The van der Waals surface area contributed by atoms with Gasteiger partial charge in [-0.3, -0.25) is 9.59 Å². The van der Waals surface area contributed by atoms with Gasteiger partial charge in [-0.15, -0.1) is 0 Å². The molecule has 0 bridgehead atoms. The number of para-hydroxylation sites is 1. The highest BCUT2D eigenvalue weighted by molar-refractivity contribution is 6.33. The molecular weight excluding hydrogens is 440 g/mol. The van der Waals surface area contributed by atoms with Gasteiger partial charge in [0.1, 0.15) is 0 Å². The molecule has 0 spiro atoms. The topological polar surface area (TPSA) is 73.0 Å². The smallest absolute Gasteiger partial charge is 0.322 e. The maximum Gasteiger partial charge on any atom is 0.322 e. The molecule has 33 heavy (non-hydrogen) atoms. The molecule has 0 atom stereocenters. The molecular formula is C25H27ClN4O3. The molecule has 7 nitrogen and oxygen atoms in total. The number of anilines is 2. The van der Waals surface area contributed by atoms with Crippen molar-refractivity contribution < 1.29 is 14.4 Å². The lowest BCUT2D eigenvalue weighted by Crippen LogP contribution is -2.50. The van der Waals surface area contributed by atoms with Gasteiger partial charge in [-0.05, 0) is 48.7 Å². The second-order valence-electron chi connectivity index (χ2n) is 8.53. The number of carbonyl (C=O) groups is 3. The zero-order valence-corrected chi connectivity index (χ0v) is 19.5. The van der Waals surface area contributed by atoms with Crippen molar-refractivity contribution in [1.82, 2.24) is 9.80 Å². The van der Waals surface area contributed by atoms with Crippen molar-refractivity contribution in [2.45, 2.75) is 25.4 Å². The van der Waals surface area contributed by atoms with E-state index in [0.29, 0.717) is 43.1 Å². The highest BCUT2D eigenvalue weighted by atomic mass is 35.5. The average molecular weight is 467 g/mol. The van der Waals surface area contributed by atoms with E-state index in [1.165, 1.54) is 12.2 Å². The fourth-order valence-electron chi connectivity index (χ4n) is 4.29. The molecule has 2 aromatic rings. The second-order valence-corrected chi connectivity index (χ2v) is 8.94. The van der Waals surface area contributed by atoms with Crippen molar-refractivity contribution in [3.63, 3.8) is 0 Å². The second kappa shape index (κ2) is 9.67. The van der Waals surface area contributed by atoms with Gasteiger partial charge in [-0.1, -0.05) is 29.8 Å². The zero-order valence-electron chi connectivity index (χ0n) is 18.8. The predicted octanol–water partition coefficient (Wildman–Crippen LogP) is 4.18. The number of amides is 3. The van der Waals surface area contributed by atoms with Crippen molar-refractivity contribution in [3.8, 4) is 0 Å². The quantitative estimate of drug-likeness (QED) is 0.530. The molecule has 0 aromatic heterocycles. The fraction of sp³-hybridized carbons (Fsp3) is 0.320. The lowest BCUT2D eigenvalue weighted by Gasteiger charge is -2.40. The van der Waals surface area contributed by atoms with Crippen LogP contribution in [-0.4, -0.2) is 60.7 Å². The van der Waals surface area contributed by atoms with E-state index in [1.807, 2.05) is 48.2 Å². The number of fused-ring (bicyclic) bond motifs is 1. The number of hydrogen-bond acceptors (Lipinski definition) is 4. The first-order valence-electron chi connectivity index (χ1n) is 11.0. The lowest BCUT2D eigenvalue weighted by atomic mass is 10.0. The van der Waals surface area contributed by atoms with Crippen molar-refractivity contribution in [1.29, 1.82) is 0 Å². The number of rotatable bonds is 5. The van der Waals surface area contributed by atoms with E-state index >= 15 is 0 Å². The molecule has 4 rings (SSSR count). The molecule has 2 aromatic carbocycles. The van der Waals surface area contributed by atoms with E-state index in [1.54, 1.807) is 23.1 Å². The maximum absolute atomic E-state index is 12.6. The number of urea groups is 1. The van der Waals surface area contributed by atoms with Crippen LogP contribution in [0, 0.1) is 0 Å². The molecule has 0 unspecified atom stereocenters. The Bertz CT molecular complexity index is 1110. The Hall–Kier alpha value is -3.32. The van der Waals surface area contributed by atoms with Gasteiger partial charge >= 0.3 is 6.03 Å². The van der Waals surface area contributed by atoms with Crippen LogP contribution in [0.25, 0.3) is 0 Å². The summed E-state index contributed by atoms with van der Waals surface area (Å²) in [4.78, 5) is 43.1. The minimum absolute atomic E-state index is 0.0744. The van der Waals surface area contributed by atoms with E-state index in [2.05, 4.69) is 5.32 Å². The number of nitrogens with one attached hydrogen (secondary N) is 1. The lowest BCUT2D eigenvalue weighted by molar-refractivity contribution is -0.127. The van der Waals surface area contributed by atoms with Gasteiger partial charge in [0.2, 0.25) is 5.91 Å². The number of allylic oxidation sites excluding steroid dienone is 1. The maximum atomic E-state index is 12.6. The van der Waals surface area contributed by atoms with Gasteiger partial charge in [-0.2, -0.15) is 0 Å². The minimum Gasteiger partial charge on any atom is -0.376 e. The van der Waals surface area contributed by atoms with E-state index < -0.39 is 0 Å². The van der Waals surface area contributed by atoms with Crippen LogP contribution in [0.5, 0.6) is 0 Å². The van der Waals surface area contributed by atoms with Crippen LogP contribution in [0.1, 0.15) is 28.8 Å². The molecule has 0 radical (unpaired) electrons. The summed E-state index contributed by atoms with van der Waals surface area (Å²) in [6, 6.07) is 12.9. The summed E-state index contributed by atoms with van der Waals surface area (Å²) in [5, 5.41) is 3.43. The zero-order chi connectivity index (χ0) is 23.5. The summed E-state index contributed by atoms with van der Waals surface area (Å²) >= 11 is 6.24. The van der Waals surface area contributed by atoms with Gasteiger partial charge in [0.05, 0.1) is 10.7 Å². The molecule has 0 aliphatic carbocycles. The van der Waals surface area contributed by atoms with Crippen molar-refractivity contribution >= 4 is 40.7 Å². The van der Waals surface area contributed by atoms with E-state index in [4.69, 9.17) is 11.6 Å². The third-order valence-corrected chi connectivity index (χ3v) is 6.47. The summed E-state index contributed by atoms with van der Waals surface area (Å²) < 4.78 is 0. The number of carbonyl (C=O) groups excluding carboxylic acids is 3. The molecule has 2 aliphatic heterocycles. The van der Waals surface area contributed by atoms with E-state index in [-0.39, 0.29) is 23.8 Å². The Kier molecular flexibility index (Phi) is 6.70. The standard InChI is InChI=1S/C25H27ClN4O3/c1-28(2)22-8-7-17(15-20(22)26)23(31)9-10-24(32)29-13-11-19(12-14-29)30-16-18-5-3-4-6-21(18)27-25(30)33/h3-10,15,19H,11-14,16H2,1-2H3,(H,27,33)/b10-9+. The van der Waals surface area contributed by atoms with Crippen molar-refractivity contribution in [2.24, 2.45) is 0 Å². The molecule has 172 valence electrons. The molecule has 0 saturated carbocycles. The Morgan fingerprint density at radius 2 is 1.82 bits per heavy atom. The van der Waals surface area contributed by atoms with Gasteiger partial charge in [0, 0.05) is 57.1 Å². The van der Waals surface area contributed by atoms with Crippen LogP contribution in [0.2, 0.25) is 5.02 Å². The highest BCUT2D eigenvalue weighted by Crippen LogP contribution is 2.28. The number of ketones is 1. The van der Waals surface area contributed by atoms with Crippen LogP contribution in [0.15, 0.2) is 54.6 Å². The van der Waals surface area contributed by atoms with E-state index in [9.17, 15) is 14.4 Å². The number of benzene rings is 2. The summed E-state index contributed by atoms with van der Waals surface area (Å²) in [5.74, 6) is -0.472. The molecule has 1 N–H and O–H groups in total. The molecule has 2 aliphatic rings. The highest BCUT2D eigenvalue weighted by Gasteiger charge is 2.32. The number of nitrogens with zero attached hydrogens (tertiary/aromatic N) is 3. The van der Waals surface area contributed by atoms with Crippen LogP contribution in [0.4, 0.5) is 16.2 Å². The SMILES string of the molecule is CN(C)c1ccc(C(=O)/C=C/C(=O)N2CCC(N3Cc4ccccc4NC3=O)CC2)cc1Cl. The first kappa shape index (κ1) is 22.9. The van der Waals surface area contributed by atoms with Crippen LogP contribution >= 0.6 is 11.6 Å². The van der Waals surface area contributed by atoms with Crippen LogP contribution in [-0.2, 0) is 11.3 Å². The third-order valence-electron chi connectivity index (χ3n) is 6.17. The summed E-state index contributed by atoms with van der Waals surface area (Å²) in [7, 11) is 3.75. The number of hydrogen-bond donors (Lipinski definition) is 1. The minimum atomic E-state index is -0.269. The molecule has 1 fully saturated rings. The monoisotopic (exact) mass is 466 g/mol. The molecule has 8 heteroatoms. The largest absolute Gasteiger partial charge is 0.376 e. The molecule has 1 saturated heterocycles. The van der Waals surface area contributed by atoms with Gasteiger partial charge < -0.3 is 20.0 Å². The number of halogens is 1. The molecule has 2 heterocycles. The normalized spacial score (nSPS) is 16.5. The predicted molar refractivity (Wildman–Crippen MR) is 130 cm³/mol. The van der Waals surface area contributed by atoms with Crippen molar-refractivity contribution in [2.75, 3.05) is 37.4 Å². The third kappa shape index (κ3) is 5.03. The summed E-state index contributed by atoms with van der Waals surface area (Å²) in [6.45, 7) is 1.65. The number of likely N-dealkylation sites (tertiary alicyclic amines) is 1. The van der Waals surface area contributed by atoms with Gasteiger partial charge in [-0.25, -0.2) is 4.79 Å². The summed E-state index contributed by atoms with van der Waals surface area (Å²) in [5.41, 5.74) is 3.21. The Morgan fingerprint density at radius 1 is 1.09 bits per heavy atom. The fourth-order valence-corrected chi connectivity index (χ4v) is 4.64. The van der Waals surface area contributed by atoms with Crippen molar-refractivity contribution in [3.05, 3.63) is 70.8 Å².